The highest BCUT2D eigenvalue weighted by Crippen LogP contribution is 2.26. The molecule has 0 radical (unpaired) electrons. The molecule has 0 saturated carbocycles. The number of hydrogen-bond donors (Lipinski definition) is 2. The van der Waals surface area contributed by atoms with Crippen LogP contribution in [-0.4, -0.2) is 41.6 Å². The Balaban J connectivity index is 2.16. The Morgan fingerprint density at radius 2 is 1.66 bits per heavy atom. The van der Waals surface area contributed by atoms with E-state index in [1.165, 1.54) is 0 Å². The van der Waals surface area contributed by atoms with Gasteiger partial charge in [0.1, 0.15) is 11.6 Å². The Morgan fingerprint density at radius 3 is 2.14 bits per heavy atom. The molecule has 29 heavy (non-hydrogen) atoms. The second-order valence-corrected chi connectivity index (χ2v) is 9.00. The molecule has 1 atom stereocenters. The molecule has 162 valence electrons. The summed E-state index contributed by atoms with van der Waals surface area (Å²) in [5, 5.41) is 2.79. The van der Waals surface area contributed by atoms with Gasteiger partial charge in [-0.15, -0.1) is 0 Å². The molecule has 0 bridgehead atoms. The van der Waals surface area contributed by atoms with E-state index in [0.717, 1.165) is 49.9 Å². The van der Waals surface area contributed by atoms with Crippen LogP contribution in [-0.2, 0) is 21.5 Å². The molecule has 0 spiro atoms. The third-order valence-corrected chi connectivity index (χ3v) is 5.64. The third kappa shape index (κ3) is 6.46. The largest absolute Gasteiger partial charge is 0.444 e. The lowest BCUT2D eigenvalue weighted by Crippen LogP contribution is -2.50. The summed E-state index contributed by atoms with van der Waals surface area (Å²) in [5.41, 5.74) is 7.62. The minimum absolute atomic E-state index is 0.0484. The summed E-state index contributed by atoms with van der Waals surface area (Å²) in [6.45, 7) is 11.1. The number of rotatable bonds is 7. The highest BCUT2D eigenvalue weighted by atomic mass is 16.6. The summed E-state index contributed by atoms with van der Waals surface area (Å²) >= 11 is 0. The van der Waals surface area contributed by atoms with Crippen molar-refractivity contribution in [2.75, 3.05) is 13.1 Å². The monoisotopic (exact) mass is 403 g/mol. The summed E-state index contributed by atoms with van der Waals surface area (Å²) in [6, 6.07) is 7.43. The van der Waals surface area contributed by atoms with E-state index in [9.17, 15) is 9.59 Å². The molecule has 1 aliphatic rings. The van der Waals surface area contributed by atoms with Gasteiger partial charge in [0.15, 0.2) is 0 Å². The van der Waals surface area contributed by atoms with Crippen molar-refractivity contribution in [3.63, 3.8) is 0 Å². The van der Waals surface area contributed by atoms with Gasteiger partial charge in [0.05, 0.1) is 0 Å². The van der Waals surface area contributed by atoms with E-state index in [2.05, 4.69) is 19.2 Å². The number of nitrogens with zero attached hydrogens (tertiary/aromatic N) is 1. The van der Waals surface area contributed by atoms with Gasteiger partial charge in [-0.05, 0) is 57.6 Å². The molecule has 1 heterocycles. The number of likely N-dealkylation sites (tertiary alicyclic amines) is 1. The molecule has 1 aliphatic heterocycles. The summed E-state index contributed by atoms with van der Waals surface area (Å²) in [7, 11) is 0. The lowest BCUT2D eigenvalue weighted by atomic mass is 9.85. The van der Waals surface area contributed by atoms with E-state index in [0.29, 0.717) is 6.42 Å². The van der Waals surface area contributed by atoms with E-state index in [1.54, 1.807) is 0 Å². The maximum Gasteiger partial charge on any atom is 0.408 e. The van der Waals surface area contributed by atoms with Gasteiger partial charge in [0, 0.05) is 25.0 Å². The molecule has 6 nitrogen and oxygen atoms in total. The summed E-state index contributed by atoms with van der Waals surface area (Å²) in [4.78, 5) is 27.2. The molecule has 6 heteroatoms. The van der Waals surface area contributed by atoms with Crippen LogP contribution in [0.25, 0.3) is 0 Å². The van der Waals surface area contributed by atoms with Crippen molar-refractivity contribution in [1.29, 1.82) is 0 Å². The number of benzene rings is 1. The first-order chi connectivity index (χ1) is 13.6. The molecule has 2 rings (SSSR count). The van der Waals surface area contributed by atoms with Crippen LogP contribution in [0.5, 0.6) is 0 Å². The van der Waals surface area contributed by atoms with E-state index >= 15 is 0 Å². The van der Waals surface area contributed by atoms with Crippen LogP contribution < -0.4 is 11.1 Å². The van der Waals surface area contributed by atoms with Crippen molar-refractivity contribution in [1.82, 2.24) is 10.2 Å². The van der Waals surface area contributed by atoms with Crippen LogP contribution in [0, 0.1) is 0 Å². The molecule has 1 aromatic carbocycles. The summed E-state index contributed by atoms with van der Waals surface area (Å²) in [5.74, 6) is -0.0484. The van der Waals surface area contributed by atoms with Crippen molar-refractivity contribution in [2.24, 2.45) is 5.73 Å². The minimum Gasteiger partial charge on any atom is -0.444 e. The second-order valence-electron chi connectivity index (χ2n) is 9.00. The highest BCUT2D eigenvalue weighted by Gasteiger charge is 2.30. The molecule has 1 unspecified atom stereocenters. The number of alkyl carbamates (subject to hydrolysis) is 1. The number of ether oxygens (including phenoxy) is 1. The van der Waals surface area contributed by atoms with Crippen LogP contribution in [0.2, 0.25) is 0 Å². The first kappa shape index (κ1) is 23.2. The molecular weight excluding hydrogens is 366 g/mol. The normalized spacial score (nSPS) is 15.9. The third-order valence-electron chi connectivity index (χ3n) is 5.64. The molecule has 1 saturated heterocycles. The smallest absolute Gasteiger partial charge is 0.408 e. The molecular formula is C23H37N3O3. The molecule has 3 N–H and O–H groups in total. The molecule has 0 aromatic heterocycles. The van der Waals surface area contributed by atoms with Crippen molar-refractivity contribution in [2.45, 2.75) is 83.9 Å². The van der Waals surface area contributed by atoms with Gasteiger partial charge >= 0.3 is 6.09 Å². The van der Waals surface area contributed by atoms with Gasteiger partial charge < -0.3 is 20.7 Å². The van der Waals surface area contributed by atoms with Crippen molar-refractivity contribution in [3.05, 3.63) is 35.4 Å². The summed E-state index contributed by atoms with van der Waals surface area (Å²) in [6.07, 6.45) is 3.59. The first-order valence-electron chi connectivity index (χ1n) is 10.7. The Labute approximate surface area is 175 Å². The Morgan fingerprint density at radius 1 is 1.10 bits per heavy atom. The highest BCUT2D eigenvalue weighted by molar-refractivity contribution is 5.86. The zero-order valence-corrected chi connectivity index (χ0v) is 18.6. The van der Waals surface area contributed by atoms with Crippen molar-refractivity contribution >= 4 is 12.0 Å². The number of carbonyl (C=O) groups excluding carboxylic acids is 2. The number of nitrogens with two attached hydrogens (primary N) is 1. The van der Waals surface area contributed by atoms with E-state index in [-0.39, 0.29) is 11.4 Å². The minimum atomic E-state index is -0.645. The molecule has 1 aromatic rings. The number of amides is 2. The van der Waals surface area contributed by atoms with E-state index in [1.807, 2.05) is 49.9 Å². The first-order valence-corrected chi connectivity index (χ1v) is 10.7. The zero-order chi connectivity index (χ0) is 21.7. The van der Waals surface area contributed by atoms with Crippen LogP contribution in [0.1, 0.15) is 71.4 Å². The van der Waals surface area contributed by atoms with E-state index < -0.39 is 17.7 Å². The number of hydrogen-bond acceptors (Lipinski definition) is 4. The topological polar surface area (TPSA) is 84.7 Å². The predicted octanol–water partition coefficient (Wildman–Crippen LogP) is 3.72. The Bertz CT molecular complexity index is 684. The molecule has 1 fully saturated rings. The van der Waals surface area contributed by atoms with Gasteiger partial charge in [-0.25, -0.2) is 4.79 Å². The van der Waals surface area contributed by atoms with Gasteiger partial charge in [0.25, 0.3) is 0 Å². The summed E-state index contributed by atoms with van der Waals surface area (Å²) < 4.78 is 5.37. The van der Waals surface area contributed by atoms with Gasteiger partial charge in [-0.2, -0.15) is 0 Å². The van der Waals surface area contributed by atoms with Crippen LogP contribution in [0.15, 0.2) is 24.3 Å². The molecule has 0 aliphatic carbocycles. The van der Waals surface area contributed by atoms with Crippen LogP contribution in [0.3, 0.4) is 0 Å². The average Bonchev–Trinajstić information content (AvgIpc) is 3.20. The SMILES string of the molecule is CCC(N)(CC)c1ccc(CC(NC(=O)OC(C)(C)C)C(=O)N2CCCC2)cc1. The number of nitrogens with one attached hydrogen (secondary N) is 1. The maximum absolute atomic E-state index is 13.0. The van der Waals surface area contributed by atoms with Gasteiger partial charge in [0.2, 0.25) is 5.91 Å². The fourth-order valence-corrected chi connectivity index (χ4v) is 3.67. The second kappa shape index (κ2) is 9.61. The van der Waals surface area contributed by atoms with Crippen LogP contribution in [0.4, 0.5) is 4.79 Å². The number of carbonyl (C=O) groups is 2. The van der Waals surface area contributed by atoms with Gasteiger partial charge in [-0.3, -0.25) is 4.79 Å². The Kier molecular flexibility index (Phi) is 7.69. The lowest BCUT2D eigenvalue weighted by Gasteiger charge is -2.28. The maximum atomic E-state index is 13.0. The molecule has 2 amide bonds. The average molecular weight is 404 g/mol. The quantitative estimate of drug-likeness (QED) is 0.727. The van der Waals surface area contributed by atoms with Crippen molar-refractivity contribution in [3.8, 4) is 0 Å². The Hall–Kier alpha value is -2.08. The van der Waals surface area contributed by atoms with E-state index in [4.69, 9.17) is 10.5 Å². The van der Waals surface area contributed by atoms with Gasteiger partial charge in [-0.1, -0.05) is 38.1 Å². The lowest BCUT2D eigenvalue weighted by molar-refractivity contribution is -0.132. The zero-order valence-electron chi connectivity index (χ0n) is 18.6. The predicted molar refractivity (Wildman–Crippen MR) is 116 cm³/mol. The van der Waals surface area contributed by atoms with Crippen molar-refractivity contribution < 1.29 is 14.3 Å². The fraction of sp³-hybridized carbons (Fsp3) is 0.652. The fourth-order valence-electron chi connectivity index (χ4n) is 3.67. The van der Waals surface area contributed by atoms with Crippen LogP contribution >= 0.6 is 0 Å². The standard InChI is InChI=1S/C23H37N3O3/c1-6-23(24,7-2)18-12-10-17(11-13-18)16-19(20(27)26-14-8-9-15-26)25-21(28)29-22(3,4)5/h10-13,19H,6-9,14-16,24H2,1-5H3,(H,25,28).